The van der Waals surface area contributed by atoms with Gasteiger partial charge in [0.25, 0.3) is 6.47 Å². The van der Waals surface area contributed by atoms with Gasteiger partial charge in [0.2, 0.25) is 0 Å². The summed E-state index contributed by atoms with van der Waals surface area (Å²) in [5.74, 6) is 0. The summed E-state index contributed by atoms with van der Waals surface area (Å²) in [6.45, 7) is 2.97. The summed E-state index contributed by atoms with van der Waals surface area (Å²) in [6, 6.07) is 0. The number of thiazole rings is 1. The predicted octanol–water partition coefficient (Wildman–Crippen LogP) is 2.94. The van der Waals surface area contributed by atoms with Gasteiger partial charge < -0.3 is 4.74 Å². The Bertz CT molecular complexity index is 286. The van der Waals surface area contributed by atoms with Crippen molar-refractivity contribution < 1.29 is 9.53 Å². The fourth-order valence-electron chi connectivity index (χ4n) is 1.35. The highest BCUT2D eigenvalue weighted by molar-refractivity contribution is 7.09. The highest BCUT2D eigenvalue weighted by atomic mass is 32.1. The van der Waals surface area contributed by atoms with E-state index in [1.807, 2.05) is 5.38 Å². The molecule has 84 valence electrons. The lowest BCUT2D eigenvalue weighted by Gasteiger charge is -1.96. The van der Waals surface area contributed by atoms with Crippen molar-refractivity contribution >= 4 is 17.8 Å². The molecule has 0 bridgehead atoms. The summed E-state index contributed by atoms with van der Waals surface area (Å²) in [7, 11) is 0. The average molecular weight is 227 g/mol. The van der Waals surface area contributed by atoms with Gasteiger partial charge in [-0.3, -0.25) is 4.79 Å². The summed E-state index contributed by atoms with van der Waals surface area (Å²) < 4.78 is 4.64. The molecule has 0 unspecified atom stereocenters. The second-order valence-corrected chi connectivity index (χ2v) is 4.39. The maximum Gasteiger partial charge on any atom is 0.293 e. The largest absolute Gasteiger partial charge is 0.461 e. The Labute approximate surface area is 94.5 Å². The molecule has 0 fully saturated rings. The SMILES string of the molecule is CCCCCCc1nc(COC=O)cs1. The monoisotopic (exact) mass is 227 g/mol. The van der Waals surface area contributed by atoms with Gasteiger partial charge in [-0.05, 0) is 12.8 Å². The molecule has 0 aliphatic rings. The van der Waals surface area contributed by atoms with E-state index in [-0.39, 0.29) is 0 Å². The van der Waals surface area contributed by atoms with E-state index in [1.165, 1.54) is 25.7 Å². The van der Waals surface area contributed by atoms with Crippen LogP contribution in [0.15, 0.2) is 5.38 Å². The van der Waals surface area contributed by atoms with Crippen LogP contribution >= 0.6 is 11.3 Å². The highest BCUT2D eigenvalue weighted by Gasteiger charge is 2.01. The third kappa shape index (κ3) is 4.93. The summed E-state index contributed by atoms with van der Waals surface area (Å²) in [5.41, 5.74) is 0.859. The van der Waals surface area contributed by atoms with Crippen LogP contribution in [0.3, 0.4) is 0 Å². The maximum absolute atomic E-state index is 9.98. The first-order chi connectivity index (χ1) is 7.36. The Kier molecular flexibility index (Phi) is 6.00. The number of aromatic nitrogens is 1. The van der Waals surface area contributed by atoms with E-state index in [0.717, 1.165) is 17.1 Å². The number of nitrogens with zero attached hydrogens (tertiary/aromatic N) is 1. The van der Waals surface area contributed by atoms with E-state index >= 15 is 0 Å². The maximum atomic E-state index is 9.98. The van der Waals surface area contributed by atoms with Crippen LogP contribution in [-0.2, 0) is 22.6 Å². The van der Waals surface area contributed by atoms with Crippen molar-refractivity contribution in [3.63, 3.8) is 0 Å². The van der Waals surface area contributed by atoms with Crippen molar-refractivity contribution in [2.24, 2.45) is 0 Å². The van der Waals surface area contributed by atoms with Gasteiger partial charge in [0.15, 0.2) is 0 Å². The fourth-order valence-corrected chi connectivity index (χ4v) is 2.18. The lowest BCUT2D eigenvalue weighted by atomic mass is 10.2. The molecule has 0 aliphatic heterocycles. The molecule has 0 spiro atoms. The second-order valence-electron chi connectivity index (χ2n) is 3.45. The molecule has 0 atom stereocenters. The van der Waals surface area contributed by atoms with Crippen molar-refractivity contribution in [2.75, 3.05) is 0 Å². The lowest BCUT2D eigenvalue weighted by molar-refractivity contribution is -0.129. The van der Waals surface area contributed by atoms with Crippen LogP contribution in [-0.4, -0.2) is 11.5 Å². The summed E-state index contributed by atoms with van der Waals surface area (Å²) in [4.78, 5) is 14.4. The average Bonchev–Trinajstić information content (AvgIpc) is 2.69. The molecule has 0 N–H and O–H groups in total. The van der Waals surface area contributed by atoms with Crippen molar-refractivity contribution in [1.82, 2.24) is 4.98 Å². The summed E-state index contributed by atoms with van der Waals surface area (Å²) in [5, 5.41) is 3.11. The topological polar surface area (TPSA) is 39.2 Å². The smallest absolute Gasteiger partial charge is 0.293 e. The molecule has 0 saturated heterocycles. The van der Waals surface area contributed by atoms with Gasteiger partial charge in [-0.25, -0.2) is 4.98 Å². The van der Waals surface area contributed by atoms with Crippen molar-refractivity contribution in [3.05, 3.63) is 16.1 Å². The molecule has 1 rings (SSSR count). The first-order valence-electron chi connectivity index (χ1n) is 5.35. The molecule has 4 heteroatoms. The number of carbonyl (C=O) groups excluding carboxylic acids is 1. The number of aryl methyl sites for hydroxylation is 1. The normalized spacial score (nSPS) is 10.2. The Hall–Kier alpha value is -0.900. The van der Waals surface area contributed by atoms with Crippen LogP contribution in [0.25, 0.3) is 0 Å². The molecule has 0 amide bonds. The van der Waals surface area contributed by atoms with Gasteiger partial charge in [-0.2, -0.15) is 0 Å². The van der Waals surface area contributed by atoms with E-state index in [1.54, 1.807) is 11.3 Å². The zero-order chi connectivity index (χ0) is 10.9. The lowest BCUT2D eigenvalue weighted by Crippen LogP contribution is -1.91. The van der Waals surface area contributed by atoms with E-state index in [9.17, 15) is 4.79 Å². The van der Waals surface area contributed by atoms with Crippen LogP contribution in [0, 0.1) is 0 Å². The number of rotatable bonds is 8. The molecule has 0 radical (unpaired) electrons. The van der Waals surface area contributed by atoms with Gasteiger partial charge in [0, 0.05) is 5.38 Å². The summed E-state index contributed by atoms with van der Waals surface area (Å²) >= 11 is 1.65. The molecular formula is C11H17NO2S. The first kappa shape index (κ1) is 12.2. The van der Waals surface area contributed by atoms with Gasteiger partial charge in [0.1, 0.15) is 6.61 Å². The molecule has 0 saturated carbocycles. The molecular weight excluding hydrogens is 210 g/mol. The van der Waals surface area contributed by atoms with E-state index in [0.29, 0.717) is 13.1 Å². The highest BCUT2D eigenvalue weighted by Crippen LogP contribution is 2.14. The van der Waals surface area contributed by atoms with Crippen molar-refractivity contribution in [1.29, 1.82) is 0 Å². The quantitative estimate of drug-likeness (QED) is 0.506. The number of ether oxygens (including phenoxy) is 1. The molecule has 1 aromatic heterocycles. The van der Waals surface area contributed by atoms with E-state index in [4.69, 9.17) is 0 Å². The molecule has 15 heavy (non-hydrogen) atoms. The Balaban J connectivity index is 2.23. The van der Waals surface area contributed by atoms with Crippen LogP contribution in [0.5, 0.6) is 0 Å². The third-order valence-corrected chi connectivity index (χ3v) is 3.10. The van der Waals surface area contributed by atoms with Crippen LogP contribution in [0.1, 0.15) is 43.3 Å². The molecule has 0 aliphatic carbocycles. The minimum Gasteiger partial charge on any atom is -0.461 e. The third-order valence-electron chi connectivity index (χ3n) is 2.14. The van der Waals surface area contributed by atoms with Gasteiger partial charge >= 0.3 is 0 Å². The van der Waals surface area contributed by atoms with Gasteiger partial charge in [-0.15, -0.1) is 11.3 Å². The zero-order valence-corrected chi connectivity index (χ0v) is 9.89. The summed E-state index contributed by atoms with van der Waals surface area (Å²) in [6.07, 6.45) is 6.08. The zero-order valence-electron chi connectivity index (χ0n) is 9.07. The predicted molar refractivity (Wildman–Crippen MR) is 60.8 cm³/mol. The molecule has 1 heterocycles. The van der Waals surface area contributed by atoms with E-state index in [2.05, 4.69) is 16.6 Å². The first-order valence-corrected chi connectivity index (χ1v) is 6.23. The van der Waals surface area contributed by atoms with Crippen molar-refractivity contribution in [2.45, 2.75) is 45.6 Å². The van der Waals surface area contributed by atoms with E-state index < -0.39 is 0 Å². The van der Waals surface area contributed by atoms with Crippen LogP contribution in [0.4, 0.5) is 0 Å². The second kappa shape index (κ2) is 7.40. The minimum atomic E-state index is 0.301. The molecule has 0 aromatic carbocycles. The Morgan fingerprint density at radius 3 is 3.07 bits per heavy atom. The number of hydrogen-bond donors (Lipinski definition) is 0. The fraction of sp³-hybridized carbons (Fsp3) is 0.636. The molecule has 1 aromatic rings. The van der Waals surface area contributed by atoms with Crippen LogP contribution < -0.4 is 0 Å². The standard InChI is InChI=1S/C11H17NO2S/c1-2-3-4-5-6-11-12-10(8-15-11)7-14-9-13/h8-9H,2-7H2,1H3. The van der Waals surface area contributed by atoms with Gasteiger partial charge in [0.05, 0.1) is 10.7 Å². The van der Waals surface area contributed by atoms with Crippen molar-refractivity contribution in [3.8, 4) is 0 Å². The number of hydrogen-bond acceptors (Lipinski definition) is 4. The Morgan fingerprint density at radius 2 is 2.33 bits per heavy atom. The number of unbranched alkanes of at least 4 members (excludes halogenated alkanes) is 3. The Morgan fingerprint density at radius 1 is 1.47 bits per heavy atom. The van der Waals surface area contributed by atoms with Gasteiger partial charge in [-0.1, -0.05) is 26.2 Å². The number of carbonyl (C=O) groups is 1. The molecule has 3 nitrogen and oxygen atoms in total. The minimum absolute atomic E-state index is 0.301. The van der Waals surface area contributed by atoms with Crippen LogP contribution in [0.2, 0.25) is 0 Å².